The fourth-order valence-corrected chi connectivity index (χ4v) is 2.28. The predicted octanol–water partition coefficient (Wildman–Crippen LogP) is 4.72. The Hall–Kier alpha value is -1.46. The van der Waals surface area contributed by atoms with Crippen molar-refractivity contribution in [3.05, 3.63) is 63.6 Å². The number of halogens is 3. The van der Waals surface area contributed by atoms with E-state index in [0.29, 0.717) is 5.75 Å². The van der Waals surface area contributed by atoms with E-state index in [-0.39, 0.29) is 22.7 Å². The Morgan fingerprint density at radius 1 is 1.14 bits per heavy atom. The second kappa shape index (κ2) is 7.00. The maximum atomic E-state index is 13.8. The Morgan fingerprint density at radius 3 is 2.43 bits per heavy atom. The first-order valence-electron chi connectivity index (χ1n) is 6.63. The van der Waals surface area contributed by atoms with Gasteiger partial charge in [0.15, 0.2) is 0 Å². The zero-order chi connectivity index (χ0) is 15.4. The van der Waals surface area contributed by atoms with Crippen molar-refractivity contribution in [3.8, 4) is 5.75 Å². The van der Waals surface area contributed by atoms with Crippen LogP contribution in [0.2, 0.25) is 0 Å². The van der Waals surface area contributed by atoms with Crippen molar-refractivity contribution in [1.29, 1.82) is 0 Å². The van der Waals surface area contributed by atoms with Gasteiger partial charge < -0.3 is 10.5 Å². The molecule has 2 nitrogen and oxygen atoms in total. The van der Waals surface area contributed by atoms with E-state index in [9.17, 15) is 8.78 Å². The molecule has 5 heteroatoms. The highest BCUT2D eigenvalue weighted by Gasteiger charge is 2.13. The molecule has 0 spiro atoms. The summed E-state index contributed by atoms with van der Waals surface area (Å²) in [6.07, 6.45) is 0.842. The van der Waals surface area contributed by atoms with Gasteiger partial charge in [0.25, 0.3) is 0 Å². The number of ether oxygens (including phenoxy) is 1. The first kappa shape index (κ1) is 15.9. The zero-order valence-corrected chi connectivity index (χ0v) is 13.2. The zero-order valence-electron chi connectivity index (χ0n) is 11.6. The molecule has 0 heterocycles. The molecule has 0 bridgehead atoms. The molecule has 0 amide bonds. The van der Waals surface area contributed by atoms with E-state index in [0.717, 1.165) is 12.0 Å². The molecule has 2 aromatic carbocycles. The average Bonchev–Trinajstić information content (AvgIpc) is 2.51. The van der Waals surface area contributed by atoms with Crippen molar-refractivity contribution >= 4 is 15.9 Å². The van der Waals surface area contributed by atoms with Gasteiger partial charge in [-0.1, -0.05) is 19.1 Å². The van der Waals surface area contributed by atoms with Crippen LogP contribution in [0, 0.1) is 11.6 Å². The second-order valence-electron chi connectivity index (χ2n) is 4.69. The molecule has 112 valence electrons. The minimum Gasteiger partial charge on any atom is -0.489 e. The molecule has 0 saturated heterocycles. The van der Waals surface area contributed by atoms with Crippen molar-refractivity contribution in [2.24, 2.45) is 5.73 Å². The Bertz CT molecular complexity index is 616. The van der Waals surface area contributed by atoms with Gasteiger partial charge in [-0.15, -0.1) is 0 Å². The molecule has 1 atom stereocenters. The first-order valence-corrected chi connectivity index (χ1v) is 7.43. The van der Waals surface area contributed by atoms with Crippen LogP contribution in [0.3, 0.4) is 0 Å². The number of benzene rings is 2. The van der Waals surface area contributed by atoms with E-state index in [1.807, 2.05) is 19.1 Å². The maximum Gasteiger partial charge on any atom is 0.146 e. The van der Waals surface area contributed by atoms with E-state index < -0.39 is 11.6 Å². The molecule has 2 rings (SSSR count). The normalized spacial score (nSPS) is 12.2. The number of hydrogen-bond acceptors (Lipinski definition) is 2. The van der Waals surface area contributed by atoms with E-state index >= 15 is 0 Å². The standard InChI is InChI=1S/C16H16BrF2NO/c1-2-15(20)10-3-5-11(6-4-10)21-9-12-14(18)8-7-13(17)16(12)19/h3-8,15H,2,9,20H2,1H3/t15-/m1/s1. The van der Waals surface area contributed by atoms with Crippen molar-refractivity contribution in [1.82, 2.24) is 0 Å². The highest BCUT2D eigenvalue weighted by molar-refractivity contribution is 9.10. The van der Waals surface area contributed by atoms with Gasteiger partial charge in [-0.25, -0.2) is 8.78 Å². The fraction of sp³-hybridized carbons (Fsp3) is 0.250. The Morgan fingerprint density at radius 2 is 1.81 bits per heavy atom. The summed E-state index contributed by atoms with van der Waals surface area (Å²) < 4.78 is 33.0. The van der Waals surface area contributed by atoms with Gasteiger partial charge >= 0.3 is 0 Å². The van der Waals surface area contributed by atoms with Gasteiger partial charge in [0.05, 0.1) is 10.0 Å². The predicted molar refractivity (Wildman–Crippen MR) is 82.1 cm³/mol. The average molecular weight is 356 g/mol. The molecule has 21 heavy (non-hydrogen) atoms. The van der Waals surface area contributed by atoms with E-state index in [1.54, 1.807) is 12.1 Å². The second-order valence-corrected chi connectivity index (χ2v) is 5.55. The minimum atomic E-state index is -0.639. The molecule has 0 fully saturated rings. The van der Waals surface area contributed by atoms with Crippen molar-refractivity contribution in [3.63, 3.8) is 0 Å². The molecule has 2 N–H and O–H groups in total. The molecule has 0 saturated carbocycles. The van der Waals surface area contributed by atoms with E-state index in [1.165, 1.54) is 12.1 Å². The summed E-state index contributed by atoms with van der Waals surface area (Å²) in [7, 11) is 0. The molecule has 0 unspecified atom stereocenters. The summed E-state index contributed by atoms with van der Waals surface area (Å²) in [4.78, 5) is 0. The third-order valence-corrected chi connectivity index (χ3v) is 3.88. The fourth-order valence-electron chi connectivity index (χ4n) is 1.90. The lowest BCUT2D eigenvalue weighted by Gasteiger charge is -2.12. The van der Waals surface area contributed by atoms with Crippen molar-refractivity contribution < 1.29 is 13.5 Å². The van der Waals surface area contributed by atoms with Crippen LogP contribution in [-0.4, -0.2) is 0 Å². The van der Waals surface area contributed by atoms with Gasteiger partial charge in [-0.2, -0.15) is 0 Å². The topological polar surface area (TPSA) is 35.2 Å². The van der Waals surface area contributed by atoms with Gasteiger partial charge in [-0.05, 0) is 52.2 Å². The van der Waals surface area contributed by atoms with E-state index in [2.05, 4.69) is 15.9 Å². The summed E-state index contributed by atoms with van der Waals surface area (Å²) in [6.45, 7) is 1.84. The Kier molecular flexibility index (Phi) is 5.31. The van der Waals surface area contributed by atoms with Crippen LogP contribution >= 0.6 is 15.9 Å². The van der Waals surface area contributed by atoms with Gasteiger partial charge in [-0.3, -0.25) is 0 Å². The summed E-state index contributed by atoms with van der Waals surface area (Å²) in [5, 5.41) is 0. The number of rotatable bonds is 5. The quantitative estimate of drug-likeness (QED) is 0.787. The lowest BCUT2D eigenvalue weighted by molar-refractivity contribution is 0.292. The highest BCUT2D eigenvalue weighted by atomic mass is 79.9. The summed E-state index contributed by atoms with van der Waals surface area (Å²) in [5.41, 5.74) is 6.83. The molecular formula is C16H16BrF2NO. The molecule has 0 aliphatic carbocycles. The van der Waals surface area contributed by atoms with Gasteiger partial charge in [0.1, 0.15) is 24.0 Å². The first-order chi connectivity index (χ1) is 10.0. The lowest BCUT2D eigenvalue weighted by atomic mass is 10.1. The van der Waals surface area contributed by atoms with Gasteiger partial charge in [0.2, 0.25) is 0 Å². The van der Waals surface area contributed by atoms with Gasteiger partial charge in [0, 0.05) is 6.04 Å². The number of nitrogens with two attached hydrogens (primary N) is 1. The van der Waals surface area contributed by atoms with E-state index in [4.69, 9.17) is 10.5 Å². The maximum absolute atomic E-state index is 13.8. The Balaban J connectivity index is 2.08. The van der Waals surface area contributed by atoms with Crippen molar-refractivity contribution in [2.45, 2.75) is 26.0 Å². The summed E-state index contributed by atoms with van der Waals surface area (Å²) >= 11 is 3.03. The molecule has 0 aromatic heterocycles. The largest absolute Gasteiger partial charge is 0.489 e. The third-order valence-electron chi connectivity index (χ3n) is 3.27. The van der Waals surface area contributed by atoms with Crippen LogP contribution in [0.15, 0.2) is 40.9 Å². The monoisotopic (exact) mass is 355 g/mol. The smallest absolute Gasteiger partial charge is 0.146 e. The SMILES string of the molecule is CC[C@@H](N)c1ccc(OCc2c(F)ccc(Br)c2F)cc1. The highest BCUT2D eigenvalue weighted by Crippen LogP contribution is 2.24. The van der Waals surface area contributed by atoms with Crippen LogP contribution < -0.4 is 10.5 Å². The molecule has 0 aliphatic heterocycles. The number of hydrogen-bond donors (Lipinski definition) is 1. The lowest BCUT2D eigenvalue weighted by Crippen LogP contribution is -2.08. The molecular weight excluding hydrogens is 340 g/mol. The minimum absolute atomic E-state index is 0.0148. The third kappa shape index (κ3) is 3.80. The molecule has 0 aliphatic rings. The molecule has 0 radical (unpaired) electrons. The van der Waals surface area contributed by atoms with Crippen LogP contribution in [0.25, 0.3) is 0 Å². The van der Waals surface area contributed by atoms with Crippen LogP contribution in [0.4, 0.5) is 8.78 Å². The summed E-state index contributed by atoms with van der Waals surface area (Å²) in [6, 6.07) is 9.73. The van der Waals surface area contributed by atoms with Crippen LogP contribution in [-0.2, 0) is 6.61 Å². The Labute approximate surface area is 131 Å². The van der Waals surface area contributed by atoms with Crippen LogP contribution in [0.1, 0.15) is 30.5 Å². The molecule has 2 aromatic rings. The van der Waals surface area contributed by atoms with Crippen molar-refractivity contribution in [2.75, 3.05) is 0 Å². The van der Waals surface area contributed by atoms with Crippen LogP contribution in [0.5, 0.6) is 5.75 Å². The summed E-state index contributed by atoms with van der Waals surface area (Å²) in [5.74, 6) is -0.722.